The van der Waals surface area contributed by atoms with Crippen molar-refractivity contribution in [1.82, 2.24) is 15.1 Å². The van der Waals surface area contributed by atoms with Crippen LogP contribution >= 0.6 is 35.4 Å². The zero-order valence-corrected chi connectivity index (χ0v) is 14.3. The summed E-state index contributed by atoms with van der Waals surface area (Å²) in [5.41, 5.74) is 2.87. The molecule has 21 heavy (non-hydrogen) atoms. The summed E-state index contributed by atoms with van der Waals surface area (Å²) in [5, 5.41) is 11.9. The van der Waals surface area contributed by atoms with Crippen molar-refractivity contribution >= 4 is 46.2 Å². The molecule has 0 aliphatic rings. The first-order valence-electron chi connectivity index (χ1n) is 6.40. The van der Waals surface area contributed by atoms with E-state index in [1.165, 1.54) is 0 Å². The fraction of sp³-hybridized carbons (Fsp3) is 0.286. The second-order valence-electron chi connectivity index (χ2n) is 4.73. The molecule has 0 saturated heterocycles. The van der Waals surface area contributed by atoms with Gasteiger partial charge < -0.3 is 10.6 Å². The van der Waals surface area contributed by atoms with Crippen LogP contribution in [-0.4, -0.2) is 14.9 Å². The number of hydrogen-bond acceptors (Lipinski definition) is 2. The third kappa shape index (κ3) is 3.67. The third-order valence-corrected chi connectivity index (χ3v) is 4.33. The number of anilines is 1. The van der Waals surface area contributed by atoms with Crippen molar-refractivity contribution in [3.05, 3.63) is 45.7 Å². The monoisotopic (exact) mass is 342 g/mol. The van der Waals surface area contributed by atoms with Crippen molar-refractivity contribution in [2.45, 2.75) is 19.9 Å². The first-order valence-corrected chi connectivity index (χ1v) is 7.56. The number of halogens is 2. The predicted octanol–water partition coefficient (Wildman–Crippen LogP) is 4.08. The van der Waals surface area contributed by atoms with E-state index < -0.39 is 0 Å². The van der Waals surface area contributed by atoms with E-state index in [9.17, 15) is 0 Å². The minimum atomic E-state index is 0.0386. The Balaban J connectivity index is 2.05. The Kier molecular flexibility index (Phi) is 5.08. The second kappa shape index (κ2) is 6.64. The molecule has 1 unspecified atom stereocenters. The summed E-state index contributed by atoms with van der Waals surface area (Å²) in [6, 6.07) is 5.40. The molecule has 112 valence electrons. The number of benzene rings is 1. The molecule has 0 fully saturated rings. The summed E-state index contributed by atoms with van der Waals surface area (Å²) in [6.45, 7) is 4.04. The Morgan fingerprint density at radius 2 is 2.10 bits per heavy atom. The van der Waals surface area contributed by atoms with Gasteiger partial charge in [-0.3, -0.25) is 4.68 Å². The van der Waals surface area contributed by atoms with Crippen molar-refractivity contribution in [3.8, 4) is 0 Å². The second-order valence-corrected chi connectivity index (χ2v) is 5.92. The highest BCUT2D eigenvalue weighted by atomic mass is 35.5. The van der Waals surface area contributed by atoms with Crippen LogP contribution in [0.25, 0.3) is 0 Å². The number of nitrogens with one attached hydrogen (secondary N) is 2. The molecular formula is C14H16Cl2N4S. The van der Waals surface area contributed by atoms with E-state index in [0.29, 0.717) is 20.8 Å². The molecule has 1 aromatic carbocycles. The minimum Gasteiger partial charge on any atom is -0.356 e. The molecule has 1 atom stereocenters. The van der Waals surface area contributed by atoms with Crippen LogP contribution in [0.5, 0.6) is 0 Å². The summed E-state index contributed by atoms with van der Waals surface area (Å²) in [7, 11) is 1.91. The average Bonchev–Trinajstić information content (AvgIpc) is 2.75. The zero-order chi connectivity index (χ0) is 15.6. The van der Waals surface area contributed by atoms with Crippen molar-refractivity contribution < 1.29 is 0 Å². The highest BCUT2D eigenvalue weighted by molar-refractivity contribution is 7.80. The molecule has 0 spiro atoms. The van der Waals surface area contributed by atoms with E-state index >= 15 is 0 Å². The average molecular weight is 343 g/mol. The Bertz CT molecular complexity index is 669. The number of thiocarbonyl (C=S) groups is 1. The number of nitrogens with zero attached hydrogens (tertiary/aromatic N) is 2. The van der Waals surface area contributed by atoms with Crippen molar-refractivity contribution in [2.75, 3.05) is 5.32 Å². The Morgan fingerprint density at radius 3 is 2.71 bits per heavy atom. The van der Waals surface area contributed by atoms with E-state index in [-0.39, 0.29) is 6.04 Å². The molecule has 1 heterocycles. The molecule has 0 bridgehead atoms. The lowest BCUT2D eigenvalue weighted by Crippen LogP contribution is -2.31. The van der Waals surface area contributed by atoms with Crippen LogP contribution in [0.3, 0.4) is 0 Å². The van der Waals surface area contributed by atoms with E-state index in [2.05, 4.69) is 15.7 Å². The van der Waals surface area contributed by atoms with Gasteiger partial charge in [0.1, 0.15) is 0 Å². The van der Waals surface area contributed by atoms with Crippen LogP contribution in [-0.2, 0) is 7.05 Å². The highest BCUT2D eigenvalue weighted by Crippen LogP contribution is 2.29. The summed E-state index contributed by atoms with van der Waals surface area (Å²) in [4.78, 5) is 0. The van der Waals surface area contributed by atoms with E-state index in [4.69, 9.17) is 35.4 Å². The van der Waals surface area contributed by atoms with Crippen molar-refractivity contribution in [1.29, 1.82) is 0 Å². The van der Waals surface area contributed by atoms with Gasteiger partial charge in [-0.2, -0.15) is 5.10 Å². The van der Waals surface area contributed by atoms with Crippen LogP contribution in [0.2, 0.25) is 10.0 Å². The lowest BCUT2D eigenvalue weighted by molar-refractivity contribution is 0.701. The first-order chi connectivity index (χ1) is 9.90. The first kappa shape index (κ1) is 16.1. The topological polar surface area (TPSA) is 41.9 Å². The SMILES string of the molecule is Cc1c(C(C)NC(=S)Nc2cccc(Cl)c2Cl)cnn1C. The van der Waals surface area contributed by atoms with Crippen LogP contribution in [0.1, 0.15) is 24.2 Å². The summed E-state index contributed by atoms with van der Waals surface area (Å²) in [5.74, 6) is 0. The Hall–Kier alpha value is -1.30. The van der Waals surface area contributed by atoms with Crippen molar-refractivity contribution in [3.63, 3.8) is 0 Å². The summed E-state index contributed by atoms with van der Waals surface area (Å²) in [6.07, 6.45) is 1.84. The van der Waals surface area contributed by atoms with E-state index in [1.54, 1.807) is 6.07 Å². The zero-order valence-electron chi connectivity index (χ0n) is 11.9. The fourth-order valence-electron chi connectivity index (χ4n) is 1.97. The normalized spacial score (nSPS) is 12.0. The van der Waals surface area contributed by atoms with Gasteiger partial charge >= 0.3 is 0 Å². The molecule has 0 aliphatic carbocycles. The third-order valence-electron chi connectivity index (χ3n) is 3.29. The molecule has 0 radical (unpaired) electrons. The number of aryl methyl sites for hydroxylation is 1. The smallest absolute Gasteiger partial charge is 0.171 e. The molecule has 0 amide bonds. The molecule has 2 aromatic rings. The summed E-state index contributed by atoms with van der Waals surface area (Å²) >= 11 is 17.4. The van der Waals surface area contributed by atoms with Crippen LogP contribution in [0.4, 0.5) is 5.69 Å². The van der Waals surface area contributed by atoms with Gasteiger partial charge in [0.25, 0.3) is 0 Å². The number of rotatable bonds is 3. The van der Waals surface area contributed by atoms with Gasteiger partial charge in [-0.15, -0.1) is 0 Å². The largest absolute Gasteiger partial charge is 0.356 e. The summed E-state index contributed by atoms with van der Waals surface area (Å²) < 4.78 is 1.83. The highest BCUT2D eigenvalue weighted by Gasteiger charge is 2.13. The maximum absolute atomic E-state index is 6.12. The van der Waals surface area contributed by atoms with Crippen molar-refractivity contribution in [2.24, 2.45) is 7.05 Å². The molecule has 1 aromatic heterocycles. The molecule has 4 nitrogen and oxygen atoms in total. The van der Waals surface area contributed by atoms with Gasteiger partial charge in [0.05, 0.1) is 28.0 Å². The quantitative estimate of drug-likeness (QED) is 0.824. The van der Waals surface area contributed by atoms with Gasteiger partial charge in [0.2, 0.25) is 0 Å². The molecule has 2 N–H and O–H groups in total. The Morgan fingerprint density at radius 1 is 1.38 bits per heavy atom. The van der Waals surface area contributed by atoms with Crippen LogP contribution < -0.4 is 10.6 Å². The minimum absolute atomic E-state index is 0.0386. The maximum atomic E-state index is 6.12. The lowest BCUT2D eigenvalue weighted by Gasteiger charge is -2.17. The molecule has 0 aliphatic heterocycles. The van der Waals surface area contributed by atoms with Gasteiger partial charge in [-0.05, 0) is 38.2 Å². The molecule has 2 rings (SSSR count). The fourth-order valence-corrected chi connectivity index (χ4v) is 2.61. The predicted molar refractivity (Wildman–Crippen MR) is 92.2 cm³/mol. The maximum Gasteiger partial charge on any atom is 0.171 e. The number of aromatic nitrogens is 2. The standard InChI is InChI=1S/C14H16Cl2N4S/c1-8(10-7-17-20(3)9(10)2)18-14(21)19-12-6-4-5-11(15)13(12)16/h4-8H,1-3H3,(H2,18,19,21). The van der Waals surface area contributed by atoms with Gasteiger partial charge in [0.15, 0.2) is 5.11 Å². The van der Waals surface area contributed by atoms with Crippen LogP contribution in [0.15, 0.2) is 24.4 Å². The molecule has 0 saturated carbocycles. The van der Waals surface area contributed by atoms with Crippen LogP contribution in [0, 0.1) is 6.92 Å². The molecule has 7 heteroatoms. The van der Waals surface area contributed by atoms with Gasteiger partial charge in [0, 0.05) is 18.3 Å². The lowest BCUT2D eigenvalue weighted by atomic mass is 10.1. The van der Waals surface area contributed by atoms with E-state index in [1.807, 2.05) is 43.9 Å². The Labute approximate surface area is 139 Å². The number of hydrogen-bond donors (Lipinski definition) is 2. The molecular weight excluding hydrogens is 327 g/mol. The van der Waals surface area contributed by atoms with Gasteiger partial charge in [-0.25, -0.2) is 0 Å². The van der Waals surface area contributed by atoms with E-state index in [0.717, 1.165) is 11.3 Å². The van der Waals surface area contributed by atoms with Gasteiger partial charge in [-0.1, -0.05) is 29.3 Å².